The maximum absolute atomic E-state index is 13.4. The van der Waals surface area contributed by atoms with E-state index in [1.165, 1.54) is 6.07 Å². The summed E-state index contributed by atoms with van der Waals surface area (Å²) in [5.74, 6) is 0.0188. The predicted octanol–water partition coefficient (Wildman–Crippen LogP) is 3.02. The van der Waals surface area contributed by atoms with E-state index in [1.807, 2.05) is 0 Å². The Morgan fingerprint density at radius 1 is 1.21 bits per heavy atom. The Hall–Kier alpha value is -2.36. The molecule has 0 aliphatic heterocycles. The van der Waals surface area contributed by atoms with Crippen LogP contribution in [0.25, 0.3) is 0 Å². The SMILES string of the molecule is COc1cccc(NC(=O)Cc2ccccc2F)c1. The lowest BCUT2D eigenvalue weighted by atomic mass is 10.1. The largest absolute Gasteiger partial charge is 0.497 e. The number of rotatable bonds is 4. The van der Waals surface area contributed by atoms with Gasteiger partial charge in [0.2, 0.25) is 5.91 Å². The van der Waals surface area contributed by atoms with Crippen molar-refractivity contribution in [2.75, 3.05) is 12.4 Å². The summed E-state index contributed by atoms with van der Waals surface area (Å²) in [6, 6.07) is 13.3. The van der Waals surface area contributed by atoms with Crippen molar-refractivity contribution in [2.45, 2.75) is 6.42 Å². The van der Waals surface area contributed by atoms with Crippen LogP contribution in [0.1, 0.15) is 5.56 Å². The Morgan fingerprint density at radius 2 is 2.00 bits per heavy atom. The first-order valence-corrected chi connectivity index (χ1v) is 5.86. The van der Waals surface area contributed by atoms with Crippen LogP contribution in [0.4, 0.5) is 10.1 Å². The fourth-order valence-electron chi connectivity index (χ4n) is 1.72. The van der Waals surface area contributed by atoms with Gasteiger partial charge in [0.1, 0.15) is 11.6 Å². The zero-order valence-corrected chi connectivity index (χ0v) is 10.5. The van der Waals surface area contributed by atoms with Gasteiger partial charge in [0, 0.05) is 11.8 Å². The highest BCUT2D eigenvalue weighted by atomic mass is 19.1. The summed E-state index contributed by atoms with van der Waals surface area (Å²) in [7, 11) is 1.56. The molecule has 0 spiro atoms. The molecule has 0 aliphatic rings. The van der Waals surface area contributed by atoms with E-state index >= 15 is 0 Å². The number of benzene rings is 2. The van der Waals surface area contributed by atoms with Crippen molar-refractivity contribution in [1.82, 2.24) is 0 Å². The molecule has 0 heterocycles. The zero-order chi connectivity index (χ0) is 13.7. The molecule has 0 aliphatic carbocycles. The highest BCUT2D eigenvalue weighted by Crippen LogP contribution is 2.17. The van der Waals surface area contributed by atoms with Gasteiger partial charge < -0.3 is 10.1 Å². The summed E-state index contributed by atoms with van der Waals surface area (Å²) in [6.07, 6.45) is 0.00385. The van der Waals surface area contributed by atoms with Gasteiger partial charge in [-0.3, -0.25) is 4.79 Å². The van der Waals surface area contributed by atoms with Crippen LogP contribution in [0.2, 0.25) is 0 Å². The van der Waals surface area contributed by atoms with Crippen molar-refractivity contribution in [3.05, 3.63) is 59.9 Å². The average molecular weight is 259 g/mol. The normalized spacial score (nSPS) is 10.0. The van der Waals surface area contributed by atoms with Gasteiger partial charge in [0.25, 0.3) is 0 Å². The van der Waals surface area contributed by atoms with E-state index in [1.54, 1.807) is 49.6 Å². The number of ether oxygens (including phenoxy) is 1. The van der Waals surface area contributed by atoms with Crippen LogP contribution in [0.15, 0.2) is 48.5 Å². The molecule has 0 saturated heterocycles. The molecule has 19 heavy (non-hydrogen) atoms. The Bertz CT molecular complexity index is 584. The minimum atomic E-state index is -0.372. The topological polar surface area (TPSA) is 38.3 Å². The molecule has 0 aromatic heterocycles. The van der Waals surface area contributed by atoms with Crippen LogP contribution in [0.5, 0.6) is 5.75 Å². The number of carbonyl (C=O) groups excluding carboxylic acids is 1. The number of methoxy groups -OCH3 is 1. The van der Waals surface area contributed by atoms with Crippen LogP contribution < -0.4 is 10.1 Å². The lowest BCUT2D eigenvalue weighted by molar-refractivity contribution is -0.115. The van der Waals surface area contributed by atoms with E-state index in [9.17, 15) is 9.18 Å². The van der Waals surface area contributed by atoms with Crippen LogP contribution in [-0.2, 0) is 11.2 Å². The summed E-state index contributed by atoms with van der Waals surface area (Å²) in [5.41, 5.74) is 1.00. The molecule has 0 bridgehead atoms. The van der Waals surface area contributed by atoms with E-state index < -0.39 is 0 Å². The Balaban J connectivity index is 2.03. The summed E-state index contributed by atoms with van der Waals surface area (Å²) in [6.45, 7) is 0. The molecule has 2 aromatic rings. The zero-order valence-electron chi connectivity index (χ0n) is 10.5. The van der Waals surface area contributed by atoms with Crippen molar-refractivity contribution in [3.63, 3.8) is 0 Å². The molecule has 0 atom stereocenters. The summed E-state index contributed by atoms with van der Waals surface area (Å²) in [4.78, 5) is 11.8. The molecular weight excluding hydrogens is 245 g/mol. The molecule has 2 aromatic carbocycles. The maximum atomic E-state index is 13.4. The van der Waals surface area contributed by atoms with Gasteiger partial charge in [-0.15, -0.1) is 0 Å². The molecule has 0 radical (unpaired) electrons. The number of halogens is 1. The second-order valence-electron chi connectivity index (χ2n) is 4.05. The molecule has 3 nitrogen and oxygen atoms in total. The molecule has 98 valence electrons. The average Bonchev–Trinajstić information content (AvgIpc) is 2.41. The van der Waals surface area contributed by atoms with Crippen molar-refractivity contribution >= 4 is 11.6 Å². The highest BCUT2D eigenvalue weighted by molar-refractivity contribution is 5.92. The van der Waals surface area contributed by atoms with Crippen molar-refractivity contribution < 1.29 is 13.9 Å². The van der Waals surface area contributed by atoms with E-state index in [4.69, 9.17) is 4.74 Å². The van der Waals surface area contributed by atoms with E-state index in [2.05, 4.69) is 5.32 Å². The van der Waals surface area contributed by atoms with E-state index in [0.29, 0.717) is 17.0 Å². The number of hydrogen-bond donors (Lipinski definition) is 1. The minimum absolute atomic E-state index is 0.00385. The fraction of sp³-hybridized carbons (Fsp3) is 0.133. The van der Waals surface area contributed by atoms with Crippen molar-refractivity contribution in [3.8, 4) is 5.75 Å². The van der Waals surface area contributed by atoms with Gasteiger partial charge in [0.05, 0.1) is 13.5 Å². The first kappa shape index (κ1) is 13.1. The smallest absolute Gasteiger partial charge is 0.228 e. The van der Waals surface area contributed by atoms with Gasteiger partial charge in [0.15, 0.2) is 0 Å². The van der Waals surface area contributed by atoms with Crippen molar-refractivity contribution in [2.24, 2.45) is 0 Å². The van der Waals surface area contributed by atoms with Gasteiger partial charge in [-0.05, 0) is 23.8 Å². The van der Waals surface area contributed by atoms with Crippen molar-refractivity contribution in [1.29, 1.82) is 0 Å². The molecule has 0 fully saturated rings. The summed E-state index contributed by atoms with van der Waals surface area (Å²) >= 11 is 0. The lowest BCUT2D eigenvalue weighted by Gasteiger charge is -2.07. The minimum Gasteiger partial charge on any atom is -0.497 e. The van der Waals surface area contributed by atoms with E-state index in [0.717, 1.165) is 0 Å². The number of amides is 1. The Labute approximate surface area is 111 Å². The first-order valence-electron chi connectivity index (χ1n) is 5.86. The molecule has 1 amide bonds. The predicted molar refractivity (Wildman–Crippen MR) is 71.7 cm³/mol. The molecule has 0 saturated carbocycles. The number of carbonyl (C=O) groups is 1. The summed E-state index contributed by atoms with van der Waals surface area (Å²) in [5, 5.41) is 2.71. The van der Waals surface area contributed by atoms with Gasteiger partial charge in [-0.1, -0.05) is 24.3 Å². The Morgan fingerprint density at radius 3 is 2.74 bits per heavy atom. The van der Waals surface area contributed by atoms with Gasteiger partial charge in [-0.2, -0.15) is 0 Å². The van der Waals surface area contributed by atoms with Crippen LogP contribution in [0, 0.1) is 5.82 Å². The fourth-order valence-corrected chi connectivity index (χ4v) is 1.72. The van der Waals surface area contributed by atoms with E-state index in [-0.39, 0.29) is 18.1 Å². The van der Waals surface area contributed by atoms with Crippen LogP contribution >= 0.6 is 0 Å². The second-order valence-corrected chi connectivity index (χ2v) is 4.05. The second kappa shape index (κ2) is 6.00. The third-order valence-electron chi connectivity index (χ3n) is 2.66. The Kier molecular flexibility index (Phi) is 4.13. The van der Waals surface area contributed by atoms with Crippen LogP contribution in [-0.4, -0.2) is 13.0 Å². The number of hydrogen-bond acceptors (Lipinski definition) is 2. The highest BCUT2D eigenvalue weighted by Gasteiger charge is 2.08. The maximum Gasteiger partial charge on any atom is 0.228 e. The standard InChI is InChI=1S/C15H14FNO2/c1-19-13-7-4-6-12(10-13)17-15(18)9-11-5-2-3-8-14(11)16/h2-8,10H,9H2,1H3,(H,17,18). The molecule has 1 N–H and O–H groups in total. The molecule has 4 heteroatoms. The number of anilines is 1. The number of nitrogens with one attached hydrogen (secondary N) is 1. The molecule has 0 unspecified atom stereocenters. The third-order valence-corrected chi connectivity index (χ3v) is 2.66. The van der Waals surface area contributed by atoms with Gasteiger partial charge >= 0.3 is 0 Å². The van der Waals surface area contributed by atoms with Crippen LogP contribution in [0.3, 0.4) is 0 Å². The monoisotopic (exact) mass is 259 g/mol. The first-order chi connectivity index (χ1) is 9.19. The third kappa shape index (κ3) is 3.55. The van der Waals surface area contributed by atoms with Gasteiger partial charge in [-0.25, -0.2) is 4.39 Å². The molecule has 2 rings (SSSR count). The summed E-state index contributed by atoms with van der Waals surface area (Å²) < 4.78 is 18.5. The molecular formula is C15H14FNO2. The lowest BCUT2D eigenvalue weighted by Crippen LogP contribution is -2.15. The quantitative estimate of drug-likeness (QED) is 0.916.